The summed E-state index contributed by atoms with van der Waals surface area (Å²) >= 11 is 0. The molecule has 0 unspecified atom stereocenters. The van der Waals surface area contributed by atoms with Crippen molar-refractivity contribution < 1.29 is 19.0 Å². The maximum atomic E-state index is 11.8. The van der Waals surface area contributed by atoms with Crippen molar-refractivity contribution in [3.63, 3.8) is 0 Å². The number of hydrogen-bond donors (Lipinski definition) is 1. The standard InChI is InChI=1S/C14H19NO4/c1-4-18-13(15)11-6-10(9-17-3)7-12(8-11)14(16)19-5-2/h6-8,15H,4-5,9H2,1-3H3. The molecule has 0 spiro atoms. The van der Waals surface area contributed by atoms with Crippen LogP contribution in [-0.2, 0) is 20.8 Å². The van der Waals surface area contributed by atoms with E-state index in [1.165, 1.54) is 0 Å². The van der Waals surface area contributed by atoms with E-state index < -0.39 is 5.97 Å². The first kappa shape index (κ1) is 15.2. The van der Waals surface area contributed by atoms with Crippen LogP contribution in [0.3, 0.4) is 0 Å². The SMILES string of the molecule is CCOC(=N)c1cc(COC)cc(C(=O)OCC)c1. The van der Waals surface area contributed by atoms with Crippen LogP contribution in [0.25, 0.3) is 0 Å². The van der Waals surface area contributed by atoms with Crippen molar-refractivity contribution in [3.8, 4) is 0 Å². The Morgan fingerprint density at radius 3 is 2.32 bits per heavy atom. The Balaban J connectivity index is 3.09. The molecule has 1 rings (SSSR count). The number of ether oxygens (including phenoxy) is 3. The smallest absolute Gasteiger partial charge is 0.338 e. The van der Waals surface area contributed by atoms with E-state index in [1.54, 1.807) is 39.2 Å². The molecule has 1 N–H and O–H groups in total. The van der Waals surface area contributed by atoms with Gasteiger partial charge in [0.2, 0.25) is 5.90 Å². The van der Waals surface area contributed by atoms with Crippen LogP contribution in [0.4, 0.5) is 0 Å². The van der Waals surface area contributed by atoms with Gasteiger partial charge in [-0.15, -0.1) is 0 Å². The summed E-state index contributed by atoms with van der Waals surface area (Å²) in [5.41, 5.74) is 1.74. The Morgan fingerprint density at radius 1 is 1.11 bits per heavy atom. The third kappa shape index (κ3) is 4.37. The fourth-order valence-corrected chi connectivity index (χ4v) is 1.63. The minimum atomic E-state index is -0.411. The normalized spacial score (nSPS) is 10.1. The van der Waals surface area contributed by atoms with Crippen molar-refractivity contribution in [1.29, 1.82) is 5.41 Å². The van der Waals surface area contributed by atoms with Crippen LogP contribution < -0.4 is 0 Å². The monoisotopic (exact) mass is 265 g/mol. The van der Waals surface area contributed by atoms with Gasteiger partial charge in [0.1, 0.15) is 0 Å². The molecular weight excluding hydrogens is 246 g/mol. The lowest BCUT2D eigenvalue weighted by molar-refractivity contribution is 0.0526. The molecule has 0 aliphatic rings. The number of carbonyl (C=O) groups excluding carboxylic acids is 1. The van der Waals surface area contributed by atoms with Crippen LogP contribution in [-0.4, -0.2) is 32.2 Å². The first-order valence-corrected chi connectivity index (χ1v) is 6.14. The van der Waals surface area contributed by atoms with Gasteiger partial charge in [-0.05, 0) is 37.6 Å². The van der Waals surface area contributed by atoms with E-state index in [0.717, 1.165) is 5.56 Å². The minimum Gasteiger partial charge on any atom is -0.478 e. The zero-order valence-corrected chi connectivity index (χ0v) is 11.5. The number of carbonyl (C=O) groups is 1. The second-order valence-corrected chi connectivity index (χ2v) is 3.83. The summed E-state index contributed by atoms with van der Waals surface area (Å²) in [7, 11) is 1.57. The average Bonchev–Trinajstić information content (AvgIpc) is 2.39. The highest BCUT2D eigenvalue weighted by atomic mass is 16.5. The van der Waals surface area contributed by atoms with Gasteiger partial charge >= 0.3 is 5.97 Å². The lowest BCUT2D eigenvalue weighted by Crippen LogP contribution is -2.10. The Bertz CT molecular complexity index is 421. The number of nitrogens with one attached hydrogen (secondary N) is 1. The molecule has 0 aliphatic carbocycles. The van der Waals surface area contributed by atoms with E-state index in [4.69, 9.17) is 19.6 Å². The van der Waals surface area contributed by atoms with Gasteiger partial charge in [-0.25, -0.2) is 4.79 Å². The quantitative estimate of drug-likeness (QED) is 0.487. The molecule has 0 saturated heterocycles. The maximum Gasteiger partial charge on any atom is 0.338 e. The van der Waals surface area contributed by atoms with E-state index in [1.807, 2.05) is 0 Å². The molecule has 0 radical (unpaired) electrons. The summed E-state index contributed by atoms with van der Waals surface area (Å²) < 4.78 is 15.2. The molecule has 0 fully saturated rings. The Morgan fingerprint density at radius 2 is 1.74 bits per heavy atom. The van der Waals surface area contributed by atoms with Crippen molar-refractivity contribution in [1.82, 2.24) is 0 Å². The molecular formula is C14H19NO4. The Kier molecular flexibility index (Phi) is 6.02. The van der Waals surface area contributed by atoms with Crippen molar-refractivity contribution in [2.24, 2.45) is 0 Å². The van der Waals surface area contributed by atoms with Gasteiger partial charge in [0.15, 0.2) is 0 Å². The summed E-state index contributed by atoms with van der Waals surface area (Å²) in [6, 6.07) is 5.06. The van der Waals surface area contributed by atoms with Crippen LogP contribution >= 0.6 is 0 Å². The molecule has 0 aromatic heterocycles. The van der Waals surface area contributed by atoms with E-state index >= 15 is 0 Å². The van der Waals surface area contributed by atoms with E-state index in [2.05, 4.69) is 0 Å². The first-order chi connectivity index (χ1) is 9.12. The van der Waals surface area contributed by atoms with E-state index in [9.17, 15) is 4.79 Å². The summed E-state index contributed by atoms with van der Waals surface area (Å²) in [6.45, 7) is 4.63. The number of hydrogen-bond acceptors (Lipinski definition) is 5. The van der Waals surface area contributed by atoms with Gasteiger partial charge in [0.25, 0.3) is 0 Å². The zero-order chi connectivity index (χ0) is 14.3. The third-order valence-electron chi connectivity index (χ3n) is 2.37. The molecule has 1 aromatic carbocycles. The number of methoxy groups -OCH3 is 1. The van der Waals surface area contributed by atoms with Crippen molar-refractivity contribution in [2.75, 3.05) is 20.3 Å². The third-order valence-corrected chi connectivity index (χ3v) is 2.37. The number of rotatable bonds is 6. The van der Waals surface area contributed by atoms with Gasteiger partial charge < -0.3 is 14.2 Å². The average molecular weight is 265 g/mol. The predicted molar refractivity (Wildman–Crippen MR) is 71.6 cm³/mol. The summed E-state index contributed by atoms with van der Waals surface area (Å²) in [5, 5.41) is 7.78. The lowest BCUT2D eigenvalue weighted by atomic mass is 10.1. The number of benzene rings is 1. The Hall–Kier alpha value is -1.88. The first-order valence-electron chi connectivity index (χ1n) is 6.14. The van der Waals surface area contributed by atoms with Gasteiger partial charge in [0.05, 0.1) is 25.4 Å². The molecule has 5 heteroatoms. The molecule has 0 saturated carbocycles. The molecule has 104 valence electrons. The van der Waals surface area contributed by atoms with Gasteiger partial charge in [0, 0.05) is 12.7 Å². The highest BCUT2D eigenvalue weighted by molar-refractivity contribution is 5.96. The van der Waals surface area contributed by atoms with E-state index in [0.29, 0.717) is 30.9 Å². The molecule has 0 bridgehead atoms. The molecule has 19 heavy (non-hydrogen) atoms. The van der Waals surface area contributed by atoms with Crippen molar-refractivity contribution in [2.45, 2.75) is 20.5 Å². The van der Waals surface area contributed by atoms with Gasteiger partial charge in [-0.3, -0.25) is 5.41 Å². The van der Waals surface area contributed by atoms with Crippen LogP contribution in [0.5, 0.6) is 0 Å². The maximum absolute atomic E-state index is 11.8. The fourth-order valence-electron chi connectivity index (χ4n) is 1.63. The van der Waals surface area contributed by atoms with Crippen LogP contribution in [0, 0.1) is 5.41 Å². The fraction of sp³-hybridized carbons (Fsp3) is 0.429. The molecule has 0 atom stereocenters. The topological polar surface area (TPSA) is 68.6 Å². The summed E-state index contributed by atoms with van der Waals surface area (Å²) in [5.74, 6) is -0.378. The highest BCUT2D eigenvalue weighted by Gasteiger charge is 2.12. The molecule has 0 amide bonds. The van der Waals surface area contributed by atoms with Crippen LogP contribution in [0.2, 0.25) is 0 Å². The zero-order valence-electron chi connectivity index (χ0n) is 11.5. The molecule has 1 aromatic rings. The predicted octanol–water partition coefficient (Wildman–Crippen LogP) is 2.37. The van der Waals surface area contributed by atoms with Crippen LogP contribution in [0.15, 0.2) is 18.2 Å². The molecule has 5 nitrogen and oxygen atoms in total. The highest BCUT2D eigenvalue weighted by Crippen LogP contribution is 2.14. The van der Waals surface area contributed by atoms with Crippen LogP contribution in [0.1, 0.15) is 35.3 Å². The summed E-state index contributed by atoms with van der Waals surface area (Å²) in [4.78, 5) is 11.8. The lowest BCUT2D eigenvalue weighted by Gasteiger charge is -2.10. The van der Waals surface area contributed by atoms with E-state index in [-0.39, 0.29) is 5.90 Å². The van der Waals surface area contributed by atoms with Crippen molar-refractivity contribution in [3.05, 3.63) is 34.9 Å². The molecule has 0 heterocycles. The van der Waals surface area contributed by atoms with Crippen molar-refractivity contribution >= 4 is 11.9 Å². The minimum absolute atomic E-state index is 0.0333. The van der Waals surface area contributed by atoms with Gasteiger partial charge in [-0.1, -0.05) is 0 Å². The van der Waals surface area contributed by atoms with Gasteiger partial charge in [-0.2, -0.15) is 0 Å². The Labute approximate surface area is 113 Å². The largest absolute Gasteiger partial charge is 0.478 e. The number of esters is 1. The molecule has 0 aliphatic heterocycles. The summed E-state index contributed by atoms with van der Waals surface area (Å²) in [6.07, 6.45) is 0. The second kappa shape index (κ2) is 7.53. The second-order valence-electron chi connectivity index (χ2n) is 3.83.